The van der Waals surface area contributed by atoms with Crippen LogP contribution in [0.3, 0.4) is 0 Å². The van der Waals surface area contributed by atoms with E-state index in [0.29, 0.717) is 5.92 Å². The Morgan fingerprint density at radius 3 is 2.72 bits per heavy atom. The van der Waals surface area contributed by atoms with Crippen molar-refractivity contribution in [3.8, 4) is 0 Å². The predicted molar refractivity (Wildman–Crippen MR) is 80.5 cm³/mol. The summed E-state index contributed by atoms with van der Waals surface area (Å²) in [6, 6.07) is 0. The van der Waals surface area contributed by atoms with Gasteiger partial charge in [-0.25, -0.2) is 9.97 Å². The van der Waals surface area contributed by atoms with E-state index in [-0.39, 0.29) is 0 Å². The van der Waals surface area contributed by atoms with Crippen LogP contribution >= 0.6 is 11.8 Å². The second kappa shape index (κ2) is 7.59. The topological polar surface area (TPSA) is 41.1 Å². The van der Waals surface area contributed by atoms with Crippen molar-refractivity contribution in [1.29, 1.82) is 0 Å². The number of aromatic nitrogens is 2. The van der Waals surface area contributed by atoms with Gasteiger partial charge in [-0.3, -0.25) is 0 Å². The molecule has 0 fully saturated rings. The van der Waals surface area contributed by atoms with Crippen molar-refractivity contribution in [3.05, 3.63) is 17.7 Å². The van der Waals surface area contributed by atoms with Crippen LogP contribution in [0.25, 0.3) is 0 Å². The highest BCUT2D eigenvalue weighted by molar-refractivity contribution is 7.98. The van der Waals surface area contributed by atoms with Crippen molar-refractivity contribution < 1.29 is 0 Å². The lowest BCUT2D eigenvalue weighted by molar-refractivity contribution is 0.721. The molecule has 1 heterocycles. The van der Waals surface area contributed by atoms with Crippen LogP contribution in [0, 0.1) is 0 Å². The standard InChI is InChI=1S/C13H24N4S/c1-10(2)13-15-9-12(11(16-13)8-14-3)17(4)6-7-18-5/h9-10,14H,6-8H2,1-5H3. The van der Waals surface area contributed by atoms with Crippen molar-refractivity contribution in [2.45, 2.75) is 26.3 Å². The zero-order valence-electron chi connectivity index (χ0n) is 12.0. The number of thioether (sulfide) groups is 1. The van der Waals surface area contributed by atoms with Gasteiger partial charge in [0.1, 0.15) is 5.82 Å². The number of hydrogen-bond acceptors (Lipinski definition) is 5. The average molecular weight is 268 g/mol. The molecule has 0 bridgehead atoms. The van der Waals surface area contributed by atoms with E-state index in [4.69, 9.17) is 0 Å². The maximum Gasteiger partial charge on any atom is 0.131 e. The van der Waals surface area contributed by atoms with E-state index in [1.807, 2.05) is 25.0 Å². The highest BCUT2D eigenvalue weighted by atomic mass is 32.2. The van der Waals surface area contributed by atoms with Gasteiger partial charge < -0.3 is 10.2 Å². The Hall–Kier alpha value is -0.810. The maximum atomic E-state index is 4.67. The van der Waals surface area contributed by atoms with E-state index in [0.717, 1.165) is 36.0 Å². The lowest BCUT2D eigenvalue weighted by Gasteiger charge is -2.22. The van der Waals surface area contributed by atoms with Gasteiger partial charge in [-0.1, -0.05) is 13.8 Å². The summed E-state index contributed by atoms with van der Waals surface area (Å²) in [5, 5.41) is 3.18. The highest BCUT2D eigenvalue weighted by Crippen LogP contribution is 2.19. The summed E-state index contributed by atoms with van der Waals surface area (Å²) in [5.74, 6) is 2.40. The van der Waals surface area contributed by atoms with Crippen LogP contribution in [0.4, 0.5) is 5.69 Å². The minimum Gasteiger partial charge on any atom is -0.371 e. The molecule has 0 amide bonds. The SMILES string of the molecule is CNCc1nc(C(C)C)ncc1N(C)CCSC. The quantitative estimate of drug-likeness (QED) is 0.820. The fourth-order valence-corrected chi connectivity index (χ4v) is 2.13. The summed E-state index contributed by atoms with van der Waals surface area (Å²) < 4.78 is 0. The summed E-state index contributed by atoms with van der Waals surface area (Å²) >= 11 is 1.85. The number of anilines is 1. The minimum atomic E-state index is 0.367. The molecule has 1 aromatic rings. The van der Waals surface area contributed by atoms with Crippen LogP contribution in [0.5, 0.6) is 0 Å². The van der Waals surface area contributed by atoms with Gasteiger partial charge in [0.15, 0.2) is 0 Å². The molecule has 0 radical (unpaired) electrons. The number of rotatable bonds is 7. The van der Waals surface area contributed by atoms with Crippen LogP contribution in [0.1, 0.15) is 31.3 Å². The zero-order valence-corrected chi connectivity index (χ0v) is 12.8. The Morgan fingerprint density at radius 1 is 1.44 bits per heavy atom. The molecule has 0 aliphatic carbocycles. The monoisotopic (exact) mass is 268 g/mol. The molecule has 1 rings (SSSR count). The molecule has 1 aromatic heterocycles. The lowest BCUT2D eigenvalue weighted by atomic mass is 10.2. The van der Waals surface area contributed by atoms with Gasteiger partial charge >= 0.3 is 0 Å². The van der Waals surface area contributed by atoms with Crippen LogP contribution in [0.15, 0.2) is 6.20 Å². The van der Waals surface area contributed by atoms with Crippen molar-refractivity contribution in [3.63, 3.8) is 0 Å². The van der Waals surface area contributed by atoms with Crippen LogP contribution in [0.2, 0.25) is 0 Å². The number of hydrogen-bond donors (Lipinski definition) is 1. The molecule has 1 N–H and O–H groups in total. The first-order valence-electron chi connectivity index (χ1n) is 6.30. The first-order valence-corrected chi connectivity index (χ1v) is 7.70. The van der Waals surface area contributed by atoms with E-state index in [2.05, 4.69) is 47.3 Å². The average Bonchev–Trinajstić information content (AvgIpc) is 2.36. The Kier molecular flexibility index (Phi) is 6.43. The molecule has 0 aromatic carbocycles. The first-order chi connectivity index (χ1) is 8.60. The molecule has 0 spiro atoms. The summed E-state index contributed by atoms with van der Waals surface area (Å²) in [7, 11) is 4.05. The van der Waals surface area contributed by atoms with Crippen LogP contribution in [-0.2, 0) is 6.54 Å². The third-order valence-corrected chi connectivity index (χ3v) is 3.36. The summed E-state index contributed by atoms with van der Waals surface area (Å²) in [6.45, 7) is 6.04. The Labute approximate surface area is 115 Å². The second-order valence-electron chi connectivity index (χ2n) is 4.66. The highest BCUT2D eigenvalue weighted by Gasteiger charge is 2.12. The Morgan fingerprint density at radius 2 is 2.17 bits per heavy atom. The van der Waals surface area contributed by atoms with Crippen LogP contribution in [-0.4, -0.2) is 42.6 Å². The second-order valence-corrected chi connectivity index (χ2v) is 5.65. The molecule has 0 aliphatic rings. The van der Waals surface area contributed by atoms with E-state index in [9.17, 15) is 0 Å². The van der Waals surface area contributed by atoms with Crippen LogP contribution < -0.4 is 10.2 Å². The number of nitrogens with zero attached hydrogens (tertiary/aromatic N) is 3. The summed E-state index contributed by atoms with van der Waals surface area (Å²) in [5.41, 5.74) is 2.21. The fourth-order valence-electron chi connectivity index (χ4n) is 1.67. The van der Waals surface area contributed by atoms with Gasteiger partial charge in [-0.15, -0.1) is 0 Å². The Balaban J connectivity index is 2.95. The Bertz CT molecular complexity index is 368. The lowest BCUT2D eigenvalue weighted by Crippen LogP contribution is -2.24. The molecule has 0 unspecified atom stereocenters. The van der Waals surface area contributed by atoms with Gasteiger partial charge in [-0.2, -0.15) is 11.8 Å². The first kappa shape index (κ1) is 15.2. The van der Waals surface area contributed by atoms with Crippen molar-refractivity contribution >= 4 is 17.4 Å². The van der Waals surface area contributed by atoms with Crippen molar-refractivity contribution in [2.75, 3.05) is 37.5 Å². The van der Waals surface area contributed by atoms with Crippen molar-refractivity contribution in [1.82, 2.24) is 15.3 Å². The molecule has 18 heavy (non-hydrogen) atoms. The fraction of sp³-hybridized carbons (Fsp3) is 0.692. The zero-order chi connectivity index (χ0) is 13.5. The van der Waals surface area contributed by atoms with Gasteiger partial charge in [-0.05, 0) is 13.3 Å². The molecule has 0 atom stereocenters. The van der Waals surface area contributed by atoms with E-state index in [1.165, 1.54) is 0 Å². The third kappa shape index (κ3) is 4.14. The maximum absolute atomic E-state index is 4.67. The summed E-state index contributed by atoms with van der Waals surface area (Å²) in [6.07, 6.45) is 4.08. The smallest absolute Gasteiger partial charge is 0.131 e. The largest absolute Gasteiger partial charge is 0.371 e. The predicted octanol–water partition coefficient (Wildman–Crippen LogP) is 2.12. The molecule has 5 heteroatoms. The molecule has 102 valence electrons. The number of nitrogens with one attached hydrogen (secondary N) is 1. The van der Waals surface area contributed by atoms with E-state index >= 15 is 0 Å². The normalized spacial score (nSPS) is 11.0. The molecule has 4 nitrogen and oxygen atoms in total. The van der Waals surface area contributed by atoms with E-state index in [1.54, 1.807) is 0 Å². The molecule has 0 saturated heterocycles. The van der Waals surface area contributed by atoms with Gasteiger partial charge in [0, 0.05) is 31.8 Å². The summed E-state index contributed by atoms with van der Waals surface area (Å²) in [4.78, 5) is 11.4. The minimum absolute atomic E-state index is 0.367. The molecule has 0 saturated carbocycles. The third-order valence-electron chi connectivity index (χ3n) is 2.77. The van der Waals surface area contributed by atoms with E-state index < -0.39 is 0 Å². The van der Waals surface area contributed by atoms with Gasteiger partial charge in [0.05, 0.1) is 17.6 Å². The molecule has 0 aliphatic heterocycles. The van der Waals surface area contributed by atoms with Crippen molar-refractivity contribution in [2.24, 2.45) is 0 Å². The van der Waals surface area contributed by atoms with Gasteiger partial charge in [0.2, 0.25) is 0 Å². The molecular formula is C13H24N4S. The van der Waals surface area contributed by atoms with Gasteiger partial charge in [0.25, 0.3) is 0 Å². The molecular weight excluding hydrogens is 244 g/mol.